The molecule has 0 saturated carbocycles. The molecule has 5 nitrogen and oxygen atoms in total. The number of benzene rings is 2. The van der Waals surface area contributed by atoms with Gasteiger partial charge in [-0.2, -0.15) is 0 Å². The number of hydrogen-bond acceptors (Lipinski definition) is 3. The number of rotatable bonds is 3. The second-order valence-electron chi connectivity index (χ2n) is 6.93. The summed E-state index contributed by atoms with van der Waals surface area (Å²) < 4.78 is 1.62. The molecule has 0 spiro atoms. The Kier molecular flexibility index (Phi) is 4.40. The SMILES string of the molecule is Cn1cc(C(=O)O)c(=O)c2cc(NC3CCCc4ccccc43)c(Cl)cc21. The average Bonchev–Trinajstić information content (AvgIpc) is 2.66. The Balaban J connectivity index is 1.82. The van der Waals surface area contributed by atoms with E-state index in [1.54, 1.807) is 23.7 Å². The molecular formula is C21H19ClN2O3. The van der Waals surface area contributed by atoms with Gasteiger partial charge in [0, 0.05) is 18.6 Å². The first-order valence-corrected chi connectivity index (χ1v) is 9.24. The van der Waals surface area contributed by atoms with Crippen LogP contribution in [0, 0.1) is 0 Å². The summed E-state index contributed by atoms with van der Waals surface area (Å²) in [7, 11) is 1.70. The minimum atomic E-state index is -1.23. The van der Waals surface area contributed by atoms with Gasteiger partial charge in [-0.1, -0.05) is 35.9 Å². The van der Waals surface area contributed by atoms with Gasteiger partial charge in [-0.25, -0.2) is 4.79 Å². The van der Waals surface area contributed by atoms with Crippen LogP contribution < -0.4 is 10.7 Å². The zero-order valence-electron chi connectivity index (χ0n) is 14.8. The van der Waals surface area contributed by atoms with E-state index >= 15 is 0 Å². The quantitative estimate of drug-likeness (QED) is 0.705. The lowest BCUT2D eigenvalue weighted by molar-refractivity contribution is 0.0695. The highest BCUT2D eigenvalue weighted by molar-refractivity contribution is 6.34. The first kappa shape index (κ1) is 17.6. The fourth-order valence-electron chi connectivity index (χ4n) is 3.86. The average molecular weight is 383 g/mol. The summed E-state index contributed by atoms with van der Waals surface area (Å²) in [6, 6.07) is 11.8. The number of nitrogens with one attached hydrogen (secondary N) is 1. The number of anilines is 1. The van der Waals surface area contributed by atoms with E-state index < -0.39 is 11.4 Å². The van der Waals surface area contributed by atoms with Crippen LogP contribution in [0.25, 0.3) is 10.9 Å². The smallest absolute Gasteiger partial charge is 0.341 e. The van der Waals surface area contributed by atoms with Crippen molar-refractivity contribution in [2.24, 2.45) is 7.05 Å². The van der Waals surface area contributed by atoms with Gasteiger partial charge in [-0.3, -0.25) is 4.79 Å². The third-order valence-electron chi connectivity index (χ3n) is 5.21. The summed E-state index contributed by atoms with van der Waals surface area (Å²) in [6.45, 7) is 0. The van der Waals surface area contributed by atoms with Crippen molar-refractivity contribution >= 4 is 34.2 Å². The van der Waals surface area contributed by atoms with E-state index in [4.69, 9.17) is 11.6 Å². The van der Waals surface area contributed by atoms with Gasteiger partial charge in [-0.15, -0.1) is 0 Å². The molecule has 2 aromatic carbocycles. The third-order valence-corrected chi connectivity index (χ3v) is 5.52. The Hall–Kier alpha value is -2.79. The fraction of sp³-hybridized carbons (Fsp3) is 0.238. The molecule has 1 atom stereocenters. The lowest BCUT2D eigenvalue weighted by atomic mass is 9.87. The number of aromatic nitrogens is 1. The van der Waals surface area contributed by atoms with Crippen LogP contribution in [0.15, 0.2) is 47.4 Å². The fourth-order valence-corrected chi connectivity index (χ4v) is 4.07. The lowest BCUT2D eigenvalue weighted by Crippen LogP contribution is -2.19. The van der Waals surface area contributed by atoms with Crippen molar-refractivity contribution in [3.8, 4) is 0 Å². The maximum Gasteiger partial charge on any atom is 0.341 e. The van der Waals surface area contributed by atoms with Crippen molar-refractivity contribution < 1.29 is 9.90 Å². The van der Waals surface area contributed by atoms with Crippen molar-refractivity contribution in [3.05, 3.63) is 74.5 Å². The molecule has 0 radical (unpaired) electrons. The number of fused-ring (bicyclic) bond motifs is 2. The van der Waals surface area contributed by atoms with Crippen LogP contribution in [0.3, 0.4) is 0 Å². The van der Waals surface area contributed by atoms with Crippen molar-refractivity contribution in [1.82, 2.24) is 4.57 Å². The van der Waals surface area contributed by atoms with Crippen molar-refractivity contribution in [2.45, 2.75) is 25.3 Å². The Morgan fingerprint density at radius 1 is 1.30 bits per heavy atom. The molecule has 6 heteroatoms. The highest BCUT2D eigenvalue weighted by Gasteiger charge is 2.21. The van der Waals surface area contributed by atoms with Crippen molar-refractivity contribution in [3.63, 3.8) is 0 Å². The highest BCUT2D eigenvalue weighted by Crippen LogP contribution is 2.35. The molecule has 0 amide bonds. The molecule has 27 heavy (non-hydrogen) atoms. The van der Waals surface area contributed by atoms with Crippen LogP contribution in [-0.2, 0) is 13.5 Å². The molecule has 1 unspecified atom stereocenters. The van der Waals surface area contributed by atoms with E-state index in [1.165, 1.54) is 17.3 Å². The molecule has 1 heterocycles. The van der Waals surface area contributed by atoms with E-state index in [2.05, 4.69) is 17.4 Å². The van der Waals surface area contributed by atoms with E-state index in [1.807, 2.05) is 12.1 Å². The second-order valence-corrected chi connectivity index (χ2v) is 7.33. The largest absolute Gasteiger partial charge is 0.477 e. The van der Waals surface area contributed by atoms with Crippen LogP contribution in [0.4, 0.5) is 5.69 Å². The minimum absolute atomic E-state index is 0.108. The molecule has 0 aliphatic heterocycles. The van der Waals surface area contributed by atoms with Gasteiger partial charge in [0.25, 0.3) is 0 Å². The normalized spacial score (nSPS) is 16.1. The maximum atomic E-state index is 12.6. The number of carbonyl (C=O) groups is 1. The molecule has 1 aromatic heterocycles. The Bertz CT molecular complexity index is 1120. The Morgan fingerprint density at radius 3 is 2.85 bits per heavy atom. The van der Waals surface area contributed by atoms with E-state index in [0.717, 1.165) is 19.3 Å². The first-order chi connectivity index (χ1) is 13.0. The first-order valence-electron chi connectivity index (χ1n) is 8.86. The van der Waals surface area contributed by atoms with Crippen molar-refractivity contribution in [2.75, 3.05) is 5.32 Å². The summed E-state index contributed by atoms with van der Waals surface area (Å²) in [6.07, 6.45) is 4.43. The number of nitrogens with zero attached hydrogens (tertiary/aromatic N) is 1. The zero-order chi connectivity index (χ0) is 19.1. The predicted octanol–water partition coefficient (Wildman–Crippen LogP) is 4.38. The summed E-state index contributed by atoms with van der Waals surface area (Å²) in [5, 5.41) is 13.6. The molecule has 2 N–H and O–H groups in total. The minimum Gasteiger partial charge on any atom is -0.477 e. The Morgan fingerprint density at radius 2 is 2.07 bits per heavy atom. The van der Waals surface area contributed by atoms with Gasteiger partial charge in [0.15, 0.2) is 0 Å². The molecule has 0 saturated heterocycles. The van der Waals surface area contributed by atoms with Crippen LogP contribution in [-0.4, -0.2) is 15.6 Å². The van der Waals surface area contributed by atoms with E-state index in [-0.39, 0.29) is 11.6 Å². The number of aromatic carboxylic acids is 1. The summed E-state index contributed by atoms with van der Waals surface area (Å²) >= 11 is 6.48. The van der Waals surface area contributed by atoms with Crippen LogP contribution >= 0.6 is 11.6 Å². The maximum absolute atomic E-state index is 12.6. The summed E-state index contributed by atoms with van der Waals surface area (Å²) in [4.78, 5) is 24.0. The molecule has 4 rings (SSSR count). The van der Waals surface area contributed by atoms with Crippen LogP contribution in [0.2, 0.25) is 5.02 Å². The van der Waals surface area contributed by atoms with Gasteiger partial charge >= 0.3 is 5.97 Å². The molecule has 138 valence electrons. The van der Waals surface area contributed by atoms with E-state index in [9.17, 15) is 14.7 Å². The standard InChI is InChI=1S/C21H19ClN2O3/c1-24-11-15(21(26)27)20(25)14-9-18(16(22)10-19(14)24)23-17-8-4-6-12-5-2-3-7-13(12)17/h2-3,5,7,9-11,17,23H,4,6,8H2,1H3,(H,26,27). The Labute approximate surface area is 161 Å². The number of carboxylic acid groups (broad SMARTS) is 1. The number of carboxylic acids is 1. The number of hydrogen-bond donors (Lipinski definition) is 2. The molecule has 1 aliphatic rings. The number of pyridine rings is 1. The third kappa shape index (κ3) is 3.08. The lowest BCUT2D eigenvalue weighted by Gasteiger charge is -2.27. The molecular weight excluding hydrogens is 364 g/mol. The number of halogens is 1. The van der Waals surface area contributed by atoms with Crippen LogP contribution in [0.1, 0.15) is 40.4 Å². The monoisotopic (exact) mass is 382 g/mol. The van der Waals surface area contributed by atoms with Gasteiger partial charge in [-0.05, 0) is 42.5 Å². The van der Waals surface area contributed by atoms with Gasteiger partial charge < -0.3 is 15.0 Å². The topological polar surface area (TPSA) is 71.3 Å². The second kappa shape index (κ2) is 6.74. The molecule has 0 fully saturated rings. The number of aryl methyl sites for hydroxylation is 2. The van der Waals surface area contributed by atoms with Crippen LogP contribution in [0.5, 0.6) is 0 Å². The molecule has 0 bridgehead atoms. The zero-order valence-corrected chi connectivity index (χ0v) is 15.6. The predicted molar refractivity (Wildman–Crippen MR) is 107 cm³/mol. The summed E-state index contributed by atoms with van der Waals surface area (Å²) in [5.74, 6) is -1.23. The van der Waals surface area contributed by atoms with Gasteiger partial charge in [0.05, 0.1) is 22.3 Å². The van der Waals surface area contributed by atoms with Gasteiger partial charge in [0.1, 0.15) is 5.56 Å². The highest BCUT2D eigenvalue weighted by atomic mass is 35.5. The van der Waals surface area contributed by atoms with Crippen molar-refractivity contribution in [1.29, 1.82) is 0 Å². The molecule has 3 aromatic rings. The summed E-state index contributed by atoms with van der Waals surface area (Å²) in [5.41, 5.74) is 3.06. The van der Waals surface area contributed by atoms with Gasteiger partial charge in [0.2, 0.25) is 5.43 Å². The molecule has 1 aliphatic carbocycles. The van der Waals surface area contributed by atoms with E-state index in [0.29, 0.717) is 21.6 Å².